The van der Waals surface area contributed by atoms with Crippen LogP contribution in [0.4, 0.5) is 4.39 Å². The summed E-state index contributed by atoms with van der Waals surface area (Å²) in [5.74, 6) is -1.29. The molecule has 0 saturated carbocycles. The number of sulfone groups is 1. The minimum Gasteiger partial charge on any atom is -0.338 e. The van der Waals surface area contributed by atoms with Crippen LogP contribution in [0.2, 0.25) is 0 Å². The fourth-order valence-corrected chi connectivity index (χ4v) is 3.20. The second-order valence-electron chi connectivity index (χ2n) is 4.59. The summed E-state index contributed by atoms with van der Waals surface area (Å²) < 4.78 is 37.4. The third-order valence-corrected chi connectivity index (χ3v) is 5.44. The Morgan fingerprint density at radius 1 is 1.45 bits per heavy atom. The molecule has 0 fully saturated rings. The number of carbonyl (C=O) groups is 1. The van der Waals surface area contributed by atoms with Crippen LogP contribution < -0.4 is 0 Å². The van der Waals surface area contributed by atoms with Gasteiger partial charge in [-0.15, -0.1) is 0 Å². The fraction of sp³-hybridized carbons (Fsp3) is 0.462. The first-order valence-electron chi connectivity index (χ1n) is 6.10. The Bertz CT molecular complexity index is 604. The van der Waals surface area contributed by atoms with Crippen LogP contribution in [0.15, 0.2) is 22.7 Å². The third-order valence-electron chi connectivity index (χ3n) is 3.08. The van der Waals surface area contributed by atoms with E-state index in [1.54, 1.807) is 13.8 Å². The summed E-state index contributed by atoms with van der Waals surface area (Å²) in [6.07, 6.45) is 0. The quantitative estimate of drug-likeness (QED) is 0.805. The predicted molar refractivity (Wildman–Crippen MR) is 80.0 cm³/mol. The van der Waals surface area contributed by atoms with Crippen molar-refractivity contribution >= 4 is 31.7 Å². The Morgan fingerprint density at radius 3 is 2.60 bits per heavy atom. The smallest absolute Gasteiger partial charge is 0.256 e. The van der Waals surface area contributed by atoms with Gasteiger partial charge in [0, 0.05) is 23.3 Å². The van der Waals surface area contributed by atoms with Crippen molar-refractivity contribution in [2.75, 3.05) is 18.6 Å². The summed E-state index contributed by atoms with van der Waals surface area (Å²) in [5, 5.41) is 0. The van der Waals surface area contributed by atoms with Gasteiger partial charge in [0.2, 0.25) is 0 Å². The SMILES string of the molecule is CCS(=O)(=O)C[C@@H](C)N(C)C(=O)c1cc(Br)ccc1F. The highest BCUT2D eigenvalue weighted by Crippen LogP contribution is 2.18. The Morgan fingerprint density at radius 2 is 2.05 bits per heavy atom. The Balaban J connectivity index is 2.94. The molecule has 7 heteroatoms. The predicted octanol–water partition coefficient (Wildman–Crippen LogP) is 2.48. The summed E-state index contributed by atoms with van der Waals surface area (Å²) in [6, 6.07) is 3.55. The van der Waals surface area contributed by atoms with Crippen molar-refractivity contribution in [2.24, 2.45) is 0 Å². The van der Waals surface area contributed by atoms with Crippen LogP contribution in [0, 0.1) is 5.82 Å². The number of carbonyl (C=O) groups excluding carboxylic acids is 1. The monoisotopic (exact) mass is 365 g/mol. The maximum Gasteiger partial charge on any atom is 0.256 e. The van der Waals surface area contributed by atoms with Gasteiger partial charge in [0.15, 0.2) is 9.84 Å². The van der Waals surface area contributed by atoms with E-state index in [2.05, 4.69) is 15.9 Å². The Hall–Kier alpha value is -0.950. The zero-order valence-electron chi connectivity index (χ0n) is 11.6. The number of halogens is 2. The van der Waals surface area contributed by atoms with Gasteiger partial charge >= 0.3 is 0 Å². The van der Waals surface area contributed by atoms with E-state index in [1.165, 1.54) is 30.1 Å². The molecule has 112 valence electrons. The van der Waals surface area contributed by atoms with E-state index in [0.717, 1.165) is 0 Å². The van der Waals surface area contributed by atoms with E-state index in [4.69, 9.17) is 0 Å². The number of hydrogen-bond donors (Lipinski definition) is 0. The topological polar surface area (TPSA) is 54.5 Å². The molecule has 1 atom stereocenters. The van der Waals surface area contributed by atoms with Crippen molar-refractivity contribution in [2.45, 2.75) is 19.9 Å². The van der Waals surface area contributed by atoms with Crippen LogP contribution >= 0.6 is 15.9 Å². The van der Waals surface area contributed by atoms with Gasteiger partial charge in [-0.2, -0.15) is 0 Å². The molecular weight excluding hydrogens is 349 g/mol. The minimum absolute atomic E-state index is 0.0185. The summed E-state index contributed by atoms with van der Waals surface area (Å²) in [5.41, 5.74) is -0.0809. The molecule has 4 nitrogen and oxygen atoms in total. The van der Waals surface area contributed by atoms with Gasteiger partial charge < -0.3 is 4.90 Å². The first-order chi connectivity index (χ1) is 9.18. The van der Waals surface area contributed by atoms with Gasteiger partial charge in [0.25, 0.3) is 5.91 Å². The molecule has 0 heterocycles. The number of rotatable bonds is 5. The number of amides is 1. The average molecular weight is 366 g/mol. The molecule has 1 aromatic carbocycles. The summed E-state index contributed by atoms with van der Waals surface area (Å²) in [4.78, 5) is 13.5. The van der Waals surface area contributed by atoms with Crippen LogP contribution in [0.25, 0.3) is 0 Å². The van der Waals surface area contributed by atoms with E-state index in [0.29, 0.717) is 4.47 Å². The van der Waals surface area contributed by atoms with Crippen molar-refractivity contribution in [1.29, 1.82) is 0 Å². The second kappa shape index (κ2) is 6.67. The molecule has 0 radical (unpaired) electrons. The first kappa shape index (κ1) is 17.1. The van der Waals surface area contributed by atoms with E-state index in [-0.39, 0.29) is 17.1 Å². The average Bonchev–Trinajstić information content (AvgIpc) is 2.39. The van der Waals surface area contributed by atoms with E-state index in [9.17, 15) is 17.6 Å². The molecule has 0 aromatic heterocycles. The van der Waals surface area contributed by atoms with Gasteiger partial charge in [-0.25, -0.2) is 12.8 Å². The molecule has 0 aliphatic heterocycles. The van der Waals surface area contributed by atoms with E-state index in [1.807, 2.05) is 0 Å². The van der Waals surface area contributed by atoms with Crippen molar-refractivity contribution in [3.05, 3.63) is 34.1 Å². The fourth-order valence-electron chi connectivity index (χ4n) is 1.65. The van der Waals surface area contributed by atoms with Gasteiger partial charge in [-0.1, -0.05) is 22.9 Å². The van der Waals surface area contributed by atoms with Crippen molar-refractivity contribution in [3.63, 3.8) is 0 Å². The number of benzene rings is 1. The van der Waals surface area contributed by atoms with Gasteiger partial charge in [0.1, 0.15) is 5.82 Å². The van der Waals surface area contributed by atoms with Gasteiger partial charge in [-0.05, 0) is 25.1 Å². The molecule has 20 heavy (non-hydrogen) atoms. The van der Waals surface area contributed by atoms with Crippen LogP contribution in [0.1, 0.15) is 24.2 Å². The lowest BCUT2D eigenvalue weighted by atomic mass is 10.1. The van der Waals surface area contributed by atoms with Crippen LogP contribution in [-0.2, 0) is 9.84 Å². The lowest BCUT2D eigenvalue weighted by Gasteiger charge is -2.25. The molecule has 1 rings (SSSR count). The van der Waals surface area contributed by atoms with Crippen molar-refractivity contribution < 1.29 is 17.6 Å². The molecular formula is C13H17BrFNO3S. The summed E-state index contributed by atoms with van der Waals surface area (Å²) >= 11 is 3.18. The highest BCUT2D eigenvalue weighted by molar-refractivity contribution is 9.10. The molecule has 0 bridgehead atoms. The zero-order valence-corrected chi connectivity index (χ0v) is 14.0. The van der Waals surface area contributed by atoms with E-state index < -0.39 is 27.6 Å². The highest BCUT2D eigenvalue weighted by Gasteiger charge is 2.24. The lowest BCUT2D eigenvalue weighted by Crippen LogP contribution is -2.40. The minimum atomic E-state index is -3.19. The normalized spacial score (nSPS) is 13.1. The number of hydrogen-bond acceptors (Lipinski definition) is 3. The molecule has 0 N–H and O–H groups in total. The molecule has 1 aromatic rings. The molecule has 0 unspecified atom stereocenters. The lowest BCUT2D eigenvalue weighted by molar-refractivity contribution is 0.0752. The standard InChI is InChI=1S/C13H17BrFNO3S/c1-4-20(18,19)8-9(2)16(3)13(17)11-7-10(14)5-6-12(11)15/h5-7,9H,4,8H2,1-3H3/t9-/m1/s1. The summed E-state index contributed by atoms with van der Waals surface area (Å²) in [7, 11) is -1.72. The number of nitrogens with zero attached hydrogens (tertiary/aromatic N) is 1. The Labute approximate surface area is 127 Å². The maximum absolute atomic E-state index is 13.7. The van der Waals surface area contributed by atoms with Gasteiger partial charge in [0.05, 0.1) is 11.3 Å². The van der Waals surface area contributed by atoms with E-state index >= 15 is 0 Å². The highest BCUT2D eigenvalue weighted by atomic mass is 79.9. The zero-order chi connectivity index (χ0) is 15.5. The van der Waals surface area contributed by atoms with Crippen LogP contribution in [0.3, 0.4) is 0 Å². The Kier molecular flexibility index (Phi) is 5.70. The van der Waals surface area contributed by atoms with Crippen LogP contribution in [-0.4, -0.2) is 43.8 Å². The molecule has 0 aliphatic rings. The first-order valence-corrected chi connectivity index (χ1v) is 8.72. The second-order valence-corrected chi connectivity index (χ2v) is 7.90. The summed E-state index contributed by atoms with van der Waals surface area (Å²) in [6.45, 7) is 3.18. The third kappa shape index (κ3) is 4.28. The molecule has 0 saturated heterocycles. The molecule has 0 aliphatic carbocycles. The van der Waals surface area contributed by atoms with Gasteiger partial charge in [-0.3, -0.25) is 4.79 Å². The van der Waals surface area contributed by atoms with Crippen molar-refractivity contribution in [3.8, 4) is 0 Å². The molecule has 0 spiro atoms. The van der Waals surface area contributed by atoms with Crippen molar-refractivity contribution in [1.82, 2.24) is 4.90 Å². The maximum atomic E-state index is 13.7. The molecule has 1 amide bonds. The van der Waals surface area contributed by atoms with Crippen LogP contribution in [0.5, 0.6) is 0 Å². The largest absolute Gasteiger partial charge is 0.338 e.